The second-order valence-corrected chi connectivity index (χ2v) is 6.21. The van der Waals surface area contributed by atoms with Crippen LogP contribution in [0.2, 0.25) is 0 Å². The Hall–Kier alpha value is -1.49. The van der Waals surface area contributed by atoms with Gasteiger partial charge < -0.3 is 5.11 Å². The summed E-state index contributed by atoms with van der Waals surface area (Å²) in [6.07, 6.45) is -1.31. The van der Waals surface area contributed by atoms with Crippen LogP contribution in [-0.2, 0) is 10.0 Å². The highest BCUT2D eigenvalue weighted by Gasteiger charge is 2.40. The summed E-state index contributed by atoms with van der Waals surface area (Å²) < 4.78 is 39.1. The molecule has 1 fully saturated rings. The van der Waals surface area contributed by atoms with Gasteiger partial charge in [0.25, 0.3) is 0 Å². The molecule has 102 valence electrons. The molecule has 1 saturated heterocycles. The zero-order valence-corrected chi connectivity index (χ0v) is 10.8. The molecule has 0 spiro atoms. The first-order valence-electron chi connectivity index (χ1n) is 5.76. The zero-order valence-electron chi connectivity index (χ0n) is 10.0. The van der Waals surface area contributed by atoms with E-state index in [9.17, 15) is 12.8 Å². The summed E-state index contributed by atoms with van der Waals surface area (Å²) >= 11 is 0. The number of benzene rings is 1. The molecule has 0 amide bonds. The van der Waals surface area contributed by atoms with E-state index in [1.807, 2.05) is 6.07 Å². The molecule has 1 aliphatic rings. The highest BCUT2D eigenvalue weighted by molar-refractivity contribution is 7.89. The predicted molar refractivity (Wildman–Crippen MR) is 65.4 cm³/mol. The SMILES string of the molecule is N#Cc1ccccc1S(=O)(=O)N1C[C@@H](F)C[C@H]1CO. The minimum Gasteiger partial charge on any atom is -0.395 e. The lowest BCUT2D eigenvalue weighted by Crippen LogP contribution is -2.38. The molecule has 19 heavy (non-hydrogen) atoms. The van der Waals surface area contributed by atoms with Gasteiger partial charge in [0.2, 0.25) is 10.0 Å². The summed E-state index contributed by atoms with van der Waals surface area (Å²) in [4.78, 5) is -0.148. The number of halogens is 1. The van der Waals surface area contributed by atoms with Gasteiger partial charge in [-0.3, -0.25) is 0 Å². The molecule has 2 rings (SSSR count). The standard InChI is InChI=1S/C12H13FN2O3S/c13-10-5-11(8-16)15(7-10)19(17,18)12-4-2-1-3-9(12)6-14/h1-4,10-11,16H,5,7-8H2/t10-,11-/m0/s1. The Morgan fingerprint density at radius 2 is 2.16 bits per heavy atom. The number of hydrogen-bond acceptors (Lipinski definition) is 4. The smallest absolute Gasteiger partial charge is 0.244 e. The quantitative estimate of drug-likeness (QED) is 0.883. The van der Waals surface area contributed by atoms with E-state index in [0.29, 0.717) is 0 Å². The number of hydrogen-bond donors (Lipinski definition) is 1. The molecule has 0 bridgehead atoms. The molecule has 2 atom stereocenters. The molecule has 0 unspecified atom stereocenters. The van der Waals surface area contributed by atoms with E-state index < -0.39 is 28.8 Å². The Morgan fingerprint density at radius 3 is 2.79 bits per heavy atom. The fourth-order valence-corrected chi connectivity index (χ4v) is 4.00. The normalized spacial score (nSPS) is 24.3. The Labute approximate surface area is 110 Å². The average Bonchev–Trinajstić information content (AvgIpc) is 2.80. The maximum Gasteiger partial charge on any atom is 0.244 e. The van der Waals surface area contributed by atoms with Crippen LogP contribution >= 0.6 is 0 Å². The molecule has 0 aliphatic carbocycles. The van der Waals surface area contributed by atoms with Crippen molar-refractivity contribution in [2.45, 2.75) is 23.5 Å². The lowest BCUT2D eigenvalue weighted by molar-refractivity contribution is 0.213. The number of sulfonamides is 1. The molecule has 1 heterocycles. The summed E-state index contributed by atoms with van der Waals surface area (Å²) in [5.41, 5.74) is 0.0153. The minimum atomic E-state index is -3.96. The number of aliphatic hydroxyl groups is 1. The van der Waals surface area contributed by atoms with Gasteiger partial charge in [-0.1, -0.05) is 12.1 Å². The van der Waals surface area contributed by atoms with Gasteiger partial charge in [0.1, 0.15) is 12.2 Å². The molecule has 0 radical (unpaired) electrons. The molecule has 7 heteroatoms. The maximum atomic E-state index is 13.4. The fraction of sp³-hybridized carbons (Fsp3) is 0.417. The zero-order chi connectivity index (χ0) is 14.0. The van der Waals surface area contributed by atoms with E-state index in [-0.39, 0.29) is 23.4 Å². The van der Waals surface area contributed by atoms with E-state index >= 15 is 0 Å². The summed E-state index contributed by atoms with van der Waals surface area (Å²) in [5.74, 6) is 0. The summed E-state index contributed by atoms with van der Waals surface area (Å²) in [7, 11) is -3.96. The molecule has 5 nitrogen and oxygen atoms in total. The van der Waals surface area contributed by atoms with Crippen LogP contribution in [0.25, 0.3) is 0 Å². The van der Waals surface area contributed by atoms with Gasteiger partial charge in [0, 0.05) is 6.54 Å². The maximum absolute atomic E-state index is 13.4. The fourth-order valence-electron chi connectivity index (χ4n) is 2.20. The van der Waals surface area contributed by atoms with E-state index in [1.165, 1.54) is 18.2 Å². The van der Waals surface area contributed by atoms with Gasteiger partial charge >= 0.3 is 0 Å². The number of alkyl halides is 1. The predicted octanol–water partition coefficient (Wildman–Crippen LogP) is 0.652. The first-order valence-corrected chi connectivity index (χ1v) is 7.20. The van der Waals surface area contributed by atoms with Crippen molar-refractivity contribution in [2.75, 3.05) is 13.2 Å². The van der Waals surface area contributed by atoms with Crippen LogP contribution in [0, 0.1) is 11.3 Å². The van der Waals surface area contributed by atoms with Crippen molar-refractivity contribution in [2.24, 2.45) is 0 Å². The third kappa shape index (κ3) is 2.47. The van der Waals surface area contributed by atoms with Gasteiger partial charge in [0.15, 0.2) is 0 Å². The molecule has 1 aromatic rings. The molecular formula is C12H13FN2O3S. The van der Waals surface area contributed by atoms with E-state index in [1.54, 1.807) is 6.07 Å². The number of aliphatic hydroxyl groups excluding tert-OH is 1. The van der Waals surface area contributed by atoms with Gasteiger partial charge in [0.05, 0.1) is 23.1 Å². The van der Waals surface area contributed by atoms with Crippen LogP contribution in [-0.4, -0.2) is 43.2 Å². The number of nitriles is 1. The first-order chi connectivity index (χ1) is 9.00. The van der Waals surface area contributed by atoms with Crippen molar-refractivity contribution in [3.63, 3.8) is 0 Å². The van der Waals surface area contributed by atoms with Gasteiger partial charge in [-0.15, -0.1) is 0 Å². The second kappa shape index (κ2) is 5.25. The third-order valence-corrected chi connectivity index (χ3v) is 5.09. The molecule has 1 aliphatic heterocycles. The lowest BCUT2D eigenvalue weighted by atomic mass is 10.2. The second-order valence-electron chi connectivity index (χ2n) is 4.35. The molecular weight excluding hydrogens is 271 g/mol. The van der Waals surface area contributed by atoms with E-state index in [0.717, 1.165) is 4.31 Å². The van der Waals surface area contributed by atoms with Crippen LogP contribution in [0.4, 0.5) is 4.39 Å². The van der Waals surface area contributed by atoms with Crippen molar-refractivity contribution in [3.8, 4) is 6.07 Å². The molecule has 1 N–H and O–H groups in total. The van der Waals surface area contributed by atoms with Crippen molar-refractivity contribution >= 4 is 10.0 Å². The molecule has 0 saturated carbocycles. The first kappa shape index (κ1) is 13.9. The van der Waals surface area contributed by atoms with Gasteiger partial charge in [-0.05, 0) is 18.6 Å². The number of rotatable bonds is 3. The highest BCUT2D eigenvalue weighted by atomic mass is 32.2. The van der Waals surface area contributed by atoms with E-state index in [4.69, 9.17) is 10.4 Å². The Bertz CT molecular complexity index is 612. The van der Waals surface area contributed by atoms with Crippen LogP contribution in [0.3, 0.4) is 0 Å². The topological polar surface area (TPSA) is 81.4 Å². The summed E-state index contributed by atoms with van der Waals surface area (Å²) in [5, 5.41) is 18.1. The van der Waals surface area contributed by atoms with E-state index in [2.05, 4.69) is 0 Å². The van der Waals surface area contributed by atoms with Gasteiger partial charge in [-0.25, -0.2) is 12.8 Å². The van der Waals surface area contributed by atoms with Crippen LogP contribution in [0.15, 0.2) is 29.2 Å². The largest absolute Gasteiger partial charge is 0.395 e. The Morgan fingerprint density at radius 1 is 1.47 bits per heavy atom. The summed E-state index contributed by atoms with van der Waals surface area (Å²) in [6.45, 7) is -0.721. The highest BCUT2D eigenvalue weighted by Crippen LogP contribution is 2.28. The molecule has 1 aromatic carbocycles. The van der Waals surface area contributed by atoms with Crippen molar-refractivity contribution in [3.05, 3.63) is 29.8 Å². The van der Waals surface area contributed by atoms with Crippen molar-refractivity contribution in [1.82, 2.24) is 4.31 Å². The van der Waals surface area contributed by atoms with Crippen molar-refractivity contribution in [1.29, 1.82) is 5.26 Å². The van der Waals surface area contributed by atoms with Crippen LogP contribution in [0.5, 0.6) is 0 Å². The molecule has 0 aromatic heterocycles. The van der Waals surface area contributed by atoms with Crippen molar-refractivity contribution < 1.29 is 17.9 Å². The lowest BCUT2D eigenvalue weighted by Gasteiger charge is -2.22. The Kier molecular flexibility index (Phi) is 3.85. The third-order valence-electron chi connectivity index (χ3n) is 3.12. The van der Waals surface area contributed by atoms with Gasteiger partial charge in [-0.2, -0.15) is 9.57 Å². The minimum absolute atomic E-state index is 0.0153. The average molecular weight is 284 g/mol. The van der Waals surface area contributed by atoms with Crippen LogP contribution in [0.1, 0.15) is 12.0 Å². The Balaban J connectivity index is 2.46. The van der Waals surface area contributed by atoms with Crippen LogP contribution < -0.4 is 0 Å². The monoisotopic (exact) mass is 284 g/mol. The number of nitrogens with zero attached hydrogens (tertiary/aromatic N) is 2. The summed E-state index contributed by atoms with van der Waals surface area (Å²) in [6, 6.07) is 6.80.